The number of ether oxygens (including phenoxy) is 1. The predicted octanol–water partition coefficient (Wildman–Crippen LogP) is 4.10. The van der Waals surface area contributed by atoms with E-state index in [1.165, 1.54) is 24.5 Å². The topological polar surface area (TPSA) is 34.4 Å². The van der Waals surface area contributed by atoms with Crippen LogP contribution in [0.5, 0.6) is 5.75 Å². The van der Waals surface area contributed by atoms with Crippen LogP contribution in [0.4, 0.5) is 13.2 Å². The van der Waals surface area contributed by atoms with E-state index < -0.39 is 6.36 Å². The normalized spacial score (nSPS) is 15.2. The predicted molar refractivity (Wildman–Crippen MR) is 70.7 cm³/mol. The van der Waals surface area contributed by atoms with Crippen LogP contribution < -0.4 is 10.1 Å². The molecular formula is C15H14F3NO2. The van der Waals surface area contributed by atoms with Crippen molar-refractivity contribution in [1.82, 2.24) is 5.32 Å². The molecule has 0 radical (unpaired) electrons. The van der Waals surface area contributed by atoms with E-state index in [2.05, 4.69) is 10.1 Å². The molecule has 1 aromatic carbocycles. The first-order chi connectivity index (χ1) is 10.0. The average molecular weight is 297 g/mol. The van der Waals surface area contributed by atoms with E-state index >= 15 is 0 Å². The number of furan rings is 1. The summed E-state index contributed by atoms with van der Waals surface area (Å²) < 4.78 is 46.1. The standard InChI is InChI=1S/C15H14F3NO2/c16-15(17,18)21-12-3-1-2-10(8-12)13-6-7-20-14(13)9-19-11-4-5-11/h1-3,6-8,11,19H,4-5,9H2. The lowest BCUT2D eigenvalue weighted by Crippen LogP contribution is -2.17. The largest absolute Gasteiger partial charge is 0.573 e. The maximum Gasteiger partial charge on any atom is 0.573 e. The maximum absolute atomic E-state index is 12.3. The molecule has 1 aliphatic rings. The quantitative estimate of drug-likeness (QED) is 0.902. The highest BCUT2D eigenvalue weighted by atomic mass is 19.4. The monoisotopic (exact) mass is 297 g/mol. The second kappa shape index (κ2) is 5.44. The Hall–Kier alpha value is -1.95. The maximum atomic E-state index is 12.3. The smallest absolute Gasteiger partial charge is 0.467 e. The average Bonchev–Trinajstić information content (AvgIpc) is 3.11. The van der Waals surface area contributed by atoms with E-state index in [1.807, 2.05) is 0 Å². The highest BCUT2D eigenvalue weighted by Gasteiger charge is 2.31. The van der Waals surface area contributed by atoms with Gasteiger partial charge >= 0.3 is 6.36 Å². The van der Waals surface area contributed by atoms with Crippen molar-refractivity contribution in [2.24, 2.45) is 0 Å². The van der Waals surface area contributed by atoms with Crippen LogP contribution in [0.25, 0.3) is 11.1 Å². The van der Waals surface area contributed by atoms with Crippen LogP contribution in [-0.4, -0.2) is 12.4 Å². The van der Waals surface area contributed by atoms with Gasteiger partial charge in [-0.25, -0.2) is 0 Å². The zero-order valence-corrected chi connectivity index (χ0v) is 11.1. The van der Waals surface area contributed by atoms with Crippen molar-refractivity contribution >= 4 is 0 Å². The fraction of sp³-hybridized carbons (Fsp3) is 0.333. The Balaban J connectivity index is 1.79. The molecule has 1 fully saturated rings. The second-order valence-electron chi connectivity index (χ2n) is 4.99. The molecule has 21 heavy (non-hydrogen) atoms. The molecule has 1 aliphatic carbocycles. The zero-order valence-electron chi connectivity index (χ0n) is 11.1. The highest BCUT2D eigenvalue weighted by Crippen LogP contribution is 2.31. The van der Waals surface area contributed by atoms with E-state index in [1.54, 1.807) is 12.1 Å². The molecule has 1 heterocycles. The number of hydrogen-bond donors (Lipinski definition) is 1. The fourth-order valence-electron chi connectivity index (χ4n) is 2.12. The van der Waals surface area contributed by atoms with Crippen molar-refractivity contribution in [2.75, 3.05) is 0 Å². The van der Waals surface area contributed by atoms with Gasteiger partial charge in [-0.1, -0.05) is 12.1 Å². The molecular weight excluding hydrogens is 283 g/mol. The van der Waals surface area contributed by atoms with Crippen LogP contribution in [0.3, 0.4) is 0 Å². The molecule has 1 saturated carbocycles. The molecule has 1 aromatic heterocycles. The first kappa shape index (κ1) is 14.0. The summed E-state index contributed by atoms with van der Waals surface area (Å²) in [6.45, 7) is 0.567. The fourth-order valence-corrected chi connectivity index (χ4v) is 2.12. The van der Waals surface area contributed by atoms with Gasteiger partial charge in [0.2, 0.25) is 0 Å². The molecule has 112 valence electrons. The third kappa shape index (κ3) is 3.78. The van der Waals surface area contributed by atoms with Gasteiger partial charge in [-0.15, -0.1) is 13.2 Å². The summed E-state index contributed by atoms with van der Waals surface area (Å²) in [4.78, 5) is 0. The van der Waals surface area contributed by atoms with E-state index in [0.717, 1.165) is 18.4 Å². The minimum absolute atomic E-state index is 0.234. The van der Waals surface area contributed by atoms with Gasteiger partial charge in [0.15, 0.2) is 0 Å². The summed E-state index contributed by atoms with van der Waals surface area (Å²) in [5.74, 6) is 0.480. The van der Waals surface area contributed by atoms with Crippen molar-refractivity contribution in [2.45, 2.75) is 31.8 Å². The Kier molecular flexibility index (Phi) is 3.63. The summed E-state index contributed by atoms with van der Waals surface area (Å²) in [5.41, 5.74) is 1.41. The summed E-state index contributed by atoms with van der Waals surface area (Å²) in [5, 5.41) is 3.32. The lowest BCUT2D eigenvalue weighted by Gasteiger charge is -2.10. The van der Waals surface area contributed by atoms with Crippen LogP contribution >= 0.6 is 0 Å². The van der Waals surface area contributed by atoms with Crippen LogP contribution in [0.1, 0.15) is 18.6 Å². The molecule has 0 atom stereocenters. The van der Waals surface area contributed by atoms with E-state index in [9.17, 15) is 13.2 Å². The van der Waals surface area contributed by atoms with Gasteiger partial charge in [-0.2, -0.15) is 0 Å². The lowest BCUT2D eigenvalue weighted by molar-refractivity contribution is -0.274. The van der Waals surface area contributed by atoms with Crippen molar-refractivity contribution in [3.8, 4) is 16.9 Å². The summed E-state index contributed by atoms with van der Waals surface area (Å²) >= 11 is 0. The lowest BCUT2D eigenvalue weighted by atomic mass is 10.1. The molecule has 2 aromatic rings. The minimum Gasteiger partial charge on any atom is -0.467 e. The molecule has 6 heteroatoms. The highest BCUT2D eigenvalue weighted by molar-refractivity contribution is 5.66. The first-order valence-corrected chi connectivity index (χ1v) is 6.67. The molecule has 0 saturated heterocycles. The van der Waals surface area contributed by atoms with Gasteiger partial charge in [0, 0.05) is 11.6 Å². The molecule has 0 amide bonds. The zero-order chi connectivity index (χ0) is 14.9. The van der Waals surface area contributed by atoms with Crippen LogP contribution in [0.2, 0.25) is 0 Å². The molecule has 0 unspecified atom stereocenters. The Morgan fingerprint density at radius 2 is 2.05 bits per heavy atom. The van der Waals surface area contributed by atoms with Gasteiger partial charge in [0.25, 0.3) is 0 Å². The number of alkyl halides is 3. The van der Waals surface area contributed by atoms with Gasteiger partial charge < -0.3 is 14.5 Å². The Morgan fingerprint density at radius 3 is 2.76 bits per heavy atom. The SMILES string of the molecule is FC(F)(F)Oc1cccc(-c2ccoc2CNC2CC2)c1. The number of nitrogens with one attached hydrogen (secondary N) is 1. The molecule has 3 nitrogen and oxygen atoms in total. The van der Waals surface area contributed by atoms with Crippen molar-refractivity contribution in [3.63, 3.8) is 0 Å². The number of halogens is 3. The van der Waals surface area contributed by atoms with Crippen molar-refractivity contribution in [3.05, 3.63) is 42.4 Å². The van der Waals surface area contributed by atoms with Gasteiger partial charge in [0.05, 0.1) is 12.8 Å². The molecule has 0 spiro atoms. The Labute approximate surface area is 119 Å². The van der Waals surface area contributed by atoms with Gasteiger partial charge in [-0.3, -0.25) is 0 Å². The second-order valence-corrected chi connectivity index (χ2v) is 4.99. The van der Waals surface area contributed by atoms with E-state index in [4.69, 9.17) is 4.42 Å². The van der Waals surface area contributed by atoms with Crippen molar-refractivity contribution < 1.29 is 22.3 Å². The number of rotatable bonds is 5. The number of benzene rings is 1. The van der Waals surface area contributed by atoms with Crippen LogP contribution in [0.15, 0.2) is 41.0 Å². The van der Waals surface area contributed by atoms with E-state index in [0.29, 0.717) is 23.9 Å². The summed E-state index contributed by atoms with van der Waals surface area (Å²) in [6.07, 6.45) is -0.836. The molecule has 3 rings (SSSR count). The van der Waals surface area contributed by atoms with Crippen molar-refractivity contribution in [1.29, 1.82) is 0 Å². The summed E-state index contributed by atoms with van der Waals surface area (Å²) in [6, 6.07) is 8.17. The minimum atomic E-state index is -4.69. The molecule has 1 N–H and O–H groups in total. The van der Waals surface area contributed by atoms with E-state index in [-0.39, 0.29) is 5.75 Å². The van der Waals surface area contributed by atoms with Gasteiger partial charge in [0.1, 0.15) is 11.5 Å². The number of hydrogen-bond acceptors (Lipinski definition) is 3. The Morgan fingerprint density at radius 1 is 1.24 bits per heavy atom. The summed E-state index contributed by atoms with van der Waals surface area (Å²) in [7, 11) is 0. The molecule has 0 aliphatic heterocycles. The van der Waals surface area contributed by atoms with Gasteiger partial charge in [-0.05, 0) is 36.6 Å². The van der Waals surface area contributed by atoms with Crippen LogP contribution in [-0.2, 0) is 6.54 Å². The first-order valence-electron chi connectivity index (χ1n) is 6.67. The Bertz CT molecular complexity index is 617. The molecule has 0 bridgehead atoms. The van der Waals surface area contributed by atoms with Crippen LogP contribution in [0, 0.1) is 0 Å². The third-order valence-corrected chi connectivity index (χ3v) is 3.25. The third-order valence-electron chi connectivity index (χ3n) is 3.25.